The van der Waals surface area contributed by atoms with Crippen molar-refractivity contribution in [3.05, 3.63) is 0 Å². The lowest BCUT2D eigenvalue weighted by atomic mass is 9.97. The van der Waals surface area contributed by atoms with Crippen molar-refractivity contribution in [1.29, 1.82) is 0 Å². The van der Waals surface area contributed by atoms with Gasteiger partial charge in [0.05, 0.1) is 0 Å². The smallest absolute Gasteiger partial charge is 0.0431 e. The molecule has 0 aliphatic rings. The Balaban J connectivity index is 3.07. The van der Waals surface area contributed by atoms with Crippen LogP contribution in [-0.4, -0.2) is 11.7 Å². The molecule has 1 atom stereocenters. The van der Waals surface area contributed by atoms with Crippen LogP contribution in [0, 0.1) is 5.92 Å². The fraction of sp³-hybridized carbons (Fsp3) is 1.00. The minimum atomic E-state index is 0.366. The molecule has 0 fully saturated rings. The Morgan fingerprint density at radius 3 is 1.93 bits per heavy atom. The highest BCUT2D eigenvalue weighted by molar-refractivity contribution is 4.54. The van der Waals surface area contributed by atoms with Crippen LogP contribution in [0.1, 0.15) is 71.6 Å². The van der Waals surface area contributed by atoms with Crippen molar-refractivity contribution >= 4 is 0 Å². The molecule has 0 radical (unpaired) electrons. The molecular weight excluding hydrogens is 172 g/mol. The van der Waals surface area contributed by atoms with Gasteiger partial charge in [0, 0.05) is 6.61 Å². The standard InChI is InChI=1S/C13H28O/c1-3-4-5-7-10-13(2)11-8-6-9-12-14/h13-14H,3-12H2,1-2H3. The number of hydrogen-bond acceptors (Lipinski definition) is 1. The topological polar surface area (TPSA) is 20.2 Å². The number of hydrogen-bond donors (Lipinski definition) is 1. The Labute approximate surface area is 89.9 Å². The van der Waals surface area contributed by atoms with Crippen LogP contribution in [-0.2, 0) is 0 Å². The first-order valence-electron chi connectivity index (χ1n) is 6.42. The zero-order chi connectivity index (χ0) is 10.6. The summed E-state index contributed by atoms with van der Waals surface area (Å²) in [7, 11) is 0. The molecule has 1 heteroatoms. The molecule has 0 aromatic carbocycles. The summed E-state index contributed by atoms with van der Waals surface area (Å²) in [4.78, 5) is 0. The molecule has 1 nitrogen and oxygen atoms in total. The van der Waals surface area contributed by atoms with Crippen molar-refractivity contribution in [3.63, 3.8) is 0 Å². The van der Waals surface area contributed by atoms with Gasteiger partial charge in [-0.2, -0.15) is 0 Å². The van der Waals surface area contributed by atoms with E-state index in [0.717, 1.165) is 12.3 Å². The molecule has 86 valence electrons. The minimum absolute atomic E-state index is 0.366. The first-order chi connectivity index (χ1) is 6.81. The fourth-order valence-corrected chi connectivity index (χ4v) is 1.85. The first-order valence-corrected chi connectivity index (χ1v) is 6.42. The third-order valence-corrected chi connectivity index (χ3v) is 2.91. The molecule has 0 aromatic rings. The molecule has 0 saturated heterocycles. The number of aliphatic hydroxyl groups excluding tert-OH is 1. The van der Waals surface area contributed by atoms with Crippen LogP contribution >= 0.6 is 0 Å². The Bertz CT molecular complexity index is 89.4. The van der Waals surface area contributed by atoms with Crippen LogP contribution in [0.25, 0.3) is 0 Å². The summed E-state index contributed by atoms with van der Waals surface area (Å²) in [6.07, 6.45) is 11.8. The van der Waals surface area contributed by atoms with Crippen molar-refractivity contribution in [1.82, 2.24) is 0 Å². The van der Waals surface area contributed by atoms with Crippen molar-refractivity contribution in [2.24, 2.45) is 5.92 Å². The SMILES string of the molecule is CCCCCCC(C)CCCCCO. The molecule has 1 unspecified atom stereocenters. The summed E-state index contributed by atoms with van der Waals surface area (Å²) in [5, 5.41) is 8.63. The summed E-state index contributed by atoms with van der Waals surface area (Å²) < 4.78 is 0. The highest BCUT2D eigenvalue weighted by Gasteiger charge is 2.01. The lowest BCUT2D eigenvalue weighted by Crippen LogP contribution is -1.95. The molecule has 0 amide bonds. The minimum Gasteiger partial charge on any atom is -0.396 e. The van der Waals surface area contributed by atoms with Gasteiger partial charge < -0.3 is 5.11 Å². The lowest BCUT2D eigenvalue weighted by molar-refractivity contribution is 0.280. The van der Waals surface area contributed by atoms with E-state index in [1.54, 1.807) is 0 Å². The van der Waals surface area contributed by atoms with Crippen LogP contribution in [0.15, 0.2) is 0 Å². The predicted octanol–water partition coefficient (Wildman–Crippen LogP) is 4.15. The van der Waals surface area contributed by atoms with Gasteiger partial charge in [-0.1, -0.05) is 65.2 Å². The van der Waals surface area contributed by atoms with Gasteiger partial charge >= 0.3 is 0 Å². The van der Waals surface area contributed by atoms with E-state index >= 15 is 0 Å². The average molecular weight is 200 g/mol. The van der Waals surface area contributed by atoms with Gasteiger partial charge in [-0.3, -0.25) is 0 Å². The van der Waals surface area contributed by atoms with E-state index in [9.17, 15) is 0 Å². The van der Waals surface area contributed by atoms with Crippen LogP contribution in [0.3, 0.4) is 0 Å². The van der Waals surface area contributed by atoms with Crippen LogP contribution in [0.2, 0.25) is 0 Å². The van der Waals surface area contributed by atoms with Crippen molar-refractivity contribution in [2.75, 3.05) is 6.61 Å². The average Bonchev–Trinajstić information content (AvgIpc) is 2.19. The molecule has 0 aliphatic heterocycles. The molecule has 14 heavy (non-hydrogen) atoms. The van der Waals surface area contributed by atoms with Gasteiger partial charge in [-0.25, -0.2) is 0 Å². The fourth-order valence-electron chi connectivity index (χ4n) is 1.85. The normalized spacial score (nSPS) is 13.1. The molecule has 0 aliphatic carbocycles. The van der Waals surface area contributed by atoms with E-state index in [0.29, 0.717) is 6.61 Å². The van der Waals surface area contributed by atoms with Gasteiger partial charge in [0.25, 0.3) is 0 Å². The maximum absolute atomic E-state index is 8.63. The van der Waals surface area contributed by atoms with Gasteiger partial charge in [-0.15, -0.1) is 0 Å². The maximum atomic E-state index is 8.63. The summed E-state index contributed by atoms with van der Waals surface area (Å²) in [5.74, 6) is 0.894. The Morgan fingerprint density at radius 1 is 0.857 bits per heavy atom. The summed E-state index contributed by atoms with van der Waals surface area (Å²) >= 11 is 0. The highest BCUT2D eigenvalue weighted by Crippen LogP contribution is 2.16. The van der Waals surface area contributed by atoms with Gasteiger partial charge in [0.1, 0.15) is 0 Å². The van der Waals surface area contributed by atoms with Crippen LogP contribution < -0.4 is 0 Å². The largest absolute Gasteiger partial charge is 0.396 e. The second-order valence-corrected chi connectivity index (χ2v) is 4.53. The molecule has 0 spiro atoms. The van der Waals surface area contributed by atoms with E-state index in [2.05, 4.69) is 13.8 Å². The zero-order valence-corrected chi connectivity index (χ0v) is 10.1. The maximum Gasteiger partial charge on any atom is 0.0431 e. The van der Waals surface area contributed by atoms with E-state index in [-0.39, 0.29) is 0 Å². The summed E-state index contributed by atoms with van der Waals surface area (Å²) in [6, 6.07) is 0. The van der Waals surface area contributed by atoms with Gasteiger partial charge in [-0.05, 0) is 12.3 Å². The molecule has 0 heterocycles. The molecular formula is C13H28O. The second-order valence-electron chi connectivity index (χ2n) is 4.53. The molecule has 0 aromatic heterocycles. The molecule has 1 N–H and O–H groups in total. The Kier molecular flexibility index (Phi) is 11.0. The predicted molar refractivity (Wildman–Crippen MR) is 63.5 cm³/mol. The van der Waals surface area contributed by atoms with Crippen molar-refractivity contribution < 1.29 is 5.11 Å². The summed E-state index contributed by atoms with van der Waals surface area (Å²) in [5.41, 5.74) is 0. The van der Waals surface area contributed by atoms with E-state index < -0.39 is 0 Å². The molecule has 0 saturated carbocycles. The van der Waals surface area contributed by atoms with E-state index in [1.165, 1.54) is 51.4 Å². The zero-order valence-electron chi connectivity index (χ0n) is 10.1. The number of rotatable bonds is 10. The lowest BCUT2D eigenvalue weighted by Gasteiger charge is -2.10. The molecule has 0 bridgehead atoms. The van der Waals surface area contributed by atoms with Crippen LogP contribution in [0.5, 0.6) is 0 Å². The van der Waals surface area contributed by atoms with Crippen molar-refractivity contribution in [3.8, 4) is 0 Å². The quantitative estimate of drug-likeness (QED) is 0.525. The van der Waals surface area contributed by atoms with E-state index in [1.807, 2.05) is 0 Å². The third-order valence-electron chi connectivity index (χ3n) is 2.91. The van der Waals surface area contributed by atoms with Gasteiger partial charge in [0.15, 0.2) is 0 Å². The highest BCUT2D eigenvalue weighted by atomic mass is 16.2. The van der Waals surface area contributed by atoms with Crippen molar-refractivity contribution in [2.45, 2.75) is 71.6 Å². The number of unbranched alkanes of at least 4 members (excludes halogenated alkanes) is 5. The second kappa shape index (κ2) is 11.0. The monoisotopic (exact) mass is 200 g/mol. The Morgan fingerprint density at radius 2 is 1.43 bits per heavy atom. The van der Waals surface area contributed by atoms with Crippen LogP contribution in [0.4, 0.5) is 0 Å². The first kappa shape index (κ1) is 14.0. The summed E-state index contributed by atoms with van der Waals surface area (Å²) in [6.45, 7) is 4.99. The third kappa shape index (κ3) is 10.0. The Hall–Kier alpha value is -0.0400. The number of aliphatic hydroxyl groups is 1. The molecule has 0 rings (SSSR count). The van der Waals surface area contributed by atoms with E-state index in [4.69, 9.17) is 5.11 Å². The van der Waals surface area contributed by atoms with Gasteiger partial charge in [0.2, 0.25) is 0 Å².